The van der Waals surface area contributed by atoms with E-state index in [1.165, 1.54) is 15.9 Å². The quantitative estimate of drug-likeness (QED) is 0.371. The lowest BCUT2D eigenvalue weighted by molar-refractivity contribution is -0.139. The first kappa shape index (κ1) is 24.0. The van der Waals surface area contributed by atoms with Crippen LogP contribution in [0.5, 0.6) is 11.5 Å². The lowest BCUT2D eigenvalue weighted by Gasteiger charge is -2.24. The predicted molar refractivity (Wildman–Crippen MR) is 141 cm³/mol. The minimum atomic E-state index is -0.751. The fourth-order valence-corrected chi connectivity index (χ4v) is 6.00. The number of allylic oxidation sites excluding steroid dienone is 1. The van der Waals surface area contributed by atoms with Crippen molar-refractivity contribution < 1.29 is 19.0 Å². The molecule has 11 heteroatoms. The smallest absolute Gasteiger partial charge is 0.338 e. The highest BCUT2D eigenvalue weighted by Crippen LogP contribution is 2.38. The summed E-state index contributed by atoms with van der Waals surface area (Å²) in [5, 5.41) is 0. The number of hydrogen-bond acceptors (Lipinski definition) is 8. The molecule has 0 aliphatic carbocycles. The fourth-order valence-electron chi connectivity index (χ4n) is 4.96. The van der Waals surface area contributed by atoms with Crippen LogP contribution in [0.3, 0.4) is 0 Å². The molecule has 194 valence electrons. The summed E-state index contributed by atoms with van der Waals surface area (Å²) in [5.74, 6) is 0.621. The molecule has 0 fully saturated rings. The highest BCUT2D eigenvalue weighted by atomic mass is 32.1. The third kappa shape index (κ3) is 3.61. The summed E-state index contributed by atoms with van der Waals surface area (Å²) in [4.78, 5) is 44.4. The molecule has 38 heavy (non-hydrogen) atoms. The number of carbonyl (C=O) groups is 1. The van der Waals surface area contributed by atoms with Gasteiger partial charge in [0.25, 0.3) is 5.56 Å². The summed E-state index contributed by atoms with van der Waals surface area (Å²) in [6, 6.07) is 10.2. The lowest BCUT2D eigenvalue weighted by Crippen LogP contribution is -2.39. The second kappa shape index (κ2) is 8.88. The van der Waals surface area contributed by atoms with Gasteiger partial charge in [0.05, 0.1) is 39.5 Å². The third-order valence-corrected chi connectivity index (χ3v) is 7.81. The monoisotopic (exact) mass is 532 g/mol. The molecular weight excluding hydrogens is 508 g/mol. The number of fused-ring (bicyclic) bond motifs is 3. The molecule has 4 heterocycles. The van der Waals surface area contributed by atoms with Crippen LogP contribution in [0.4, 0.5) is 0 Å². The molecule has 2 aliphatic heterocycles. The Morgan fingerprint density at radius 3 is 2.66 bits per heavy atom. The number of imidazole rings is 1. The summed E-state index contributed by atoms with van der Waals surface area (Å²) >= 11 is 1.24. The second-order valence-electron chi connectivity index (χ2n) is 9.06. The van der Waals surface area contributed by atoms with Crippen LogP contribution in [0.15, 0.2) is 62.2 Å². The van der Waals surface area contributed by atoms with Crippen molar-refractivity contribution >= 4 is 34.4 Å². The minimum absolute atomic E-state index is 0.110. The summed E-state index contributed by atoms with van der Waals surface area (Å²) in [6.07, 6.45) is 1.78. The summed E-state index contributed by atoms with van der Waals surface area (Å²) in [7, 11) is 3.44. The molecule has 0 N–H and O–H groups in total. The van der Waals surface area contributed by atoms with Gasteiger partial charge in [0.1, 0.15) is 0 Å². The van der Waals surface area contributed by atoms with E-state index >= 15 is 0 Å². The molecule has 10 nitrogen and oxygen atoms in total. The van der Waals surface area contributed by atoms with E-state index < -0.39 is 12.0 Å². The Balaban J connectivity index is 1.55. The first-order chi connectivity index (χ1) is 18.3. The van der Waals surface area contributed by atoms with Gasteiger partial charge in [-0.3, -0.25) is 18.5 Å². The number of aromatic nitrogens is 3. The molecule has 0 spiro atoms. The molecule has 2 aromatic carbocycles. The van der Waals surface area contributed by atoms with Crippen LogP contribution in [-0.2, 0) is 23.6 Å². The third-order valence-electron chi connectivity index (χ3n) is 6.82. The number of thiazole rings is 1. The molecule has 0 amide bonds. The minimum Gasteiger partial charge on any atom is -0.463 e. The lowest BCUT2D eigenvalue weighted by atomic mass is 9.95. The predicted octanol–water partition coefficient (Wildman–Crippen LogP) is 1.72. The van der Waals surface area contributed by atoms with Crippen molar-refractivity contribution in [3.8, 4) is 11.5 Å². The maximum atomic E-state index is 13.8. The number of ether oxygens (including phenoxy) is 3. The Hall–Kier alpha value is -4.38. The van der Waals surface area contributed by atoms with E-state index in [0.29, 0.717) is 37.7 Å². The summed E-state index contributed by atoms with van der Waals surface area (Å²) < 4.78 is 21.5. The number of esters is 1. The molecule has 2 aromatic heterocycles. The van der Waals surface area contributed by atoms with Crippen molar-refractivity contribution in [3.63, 3.8) is 0 Å². The molecule has 1 unspecified atom stereocenters. The molecule has 0 bridgehead atoms. The molecule has 0 saturated heterocycles. The molecular formula is C27H24N4O6S. The number of benzene rings is 2. The van der Waals surface area contributed by atoms with Gasteiger partial charge in [-0.2, -0.15) is 0 Å². The highest BCUT2D eigenvalue weighted by Gasteiger charge is 2.34. The van der Waals surface area contributed by atoms with Crippen LogP contribution in [-0.4, -0.2) is 33.1 Å². The van der Waals surface area contributed by atoms with E-state index in [-0.39, 0.29) is 24.6 Å². The number of aryl methyl sites for hydroxylation is 2. The molecule has 0 radical (unpaired) electrons. The molecule has 4 aromatic rings. The Morgan fingerprint density at radius 2 is 1.87 bits per heavy atom. The second-order valence-corrected chi connectivity index (χ2v) is 10.1. The van der Waals surface area contributed by atoms with Crippen LogP contribution >= 0.6 is 11.3 Å². The maximum Gasteiger partial charge on any atom is 0.338 e. The average molecular weight is 533 g/mol. The SMILES string of the molecule is CCOC(=O)C1=C(C)N=c2s/c(=C/c3ccc4c(c3)n(C)c(=O)n4C)c(=O)n2C1c1ccc2c(c1)OCO2. The zero-order valence-corrected chi connectivity index (χ0v) is 22.0. The van der Waals surface area contributed by atoms with Gasteiger partial charge in [0.2, 0.25) is 6.79 Å². The van der Waals surface area contributed by atoms with E-state index in [1.54, 1.807) is 55.3 Å². The van der Waals surface area contributed by atoms with Crippen molar-refractivity contribution in [2.24, 2.45) is 19.1 Å². The highest BCUT2D eigenvalue weighted by molar-refractivity contribution is 7.07. The largest absolute Gasteiger partial charge is 0.463 e. The zero-order chi connectivity index (χ0) is 26.7. The van der Waals surface area contributed by atoms with E-state index in [2.05, 4.69) is 4.99 Å². The number of hydrogen-bond donors (Lipinski definition) is 0. The van der Waals surface area contributed by atoms with E-state index in [4.69, 9.17) is 14.2 Å². The van der Waals surface area contributed by atoms with Crippen molar-refractivity contribution in [1.82, 2.24) is 13.7 Å². The van der Waals surface area contributed by atoms with Gasteiger partial charge >= 0.3 is 11.7 Å². The van der Waals surface area contributed by atoms with Gasteiger partial charge in [-0.1, -0.05) is 23.5 Å². The first-order valence-electron chi connectivity index (χ1n) is 12.0. The molecule has 1 atom stereocenters. The van der Waals surface area contributed by atoms with Crippen LogP contribution in [0.1, 0.15) is 31.0 Å². The standard InChI is InChI=1S/C27H24N4O6S/c1-5-35-25(33)22-14(2)28-26-31(23(22)16-7-9-19-20(12-16)37-13-36-19)24(32)21(38-26)11-15-6-8-17-18(10-15)30(4)27(34)29(17)3/h6-12,23H,5,13H2,1-4H3/b21-11+. The Bertz CT molecular complexity index is 1920. The van der Waals surface area contributed by atoms with E-state index in [0.717, 1.165) is 16.6 Å². The Morgan fingerprint density at radius 1 is 1.11 bits per heavy atom. The van der Waals surface area contributed by atoms with Gasteiger partial charge in [-0.15, -0.1) is 0 Å². The average Bonchev–Trinajstić information content (AvgIpc) is 3.55. The van der Waals surface area contributed by atoms with Crippen LogP contribution in [0.2, 0.25) is 0 Å². The van der Waals surface area contributed by atoms with Crippen molar-refractivity contribution in [1.29, 1.82) is 0 Å². The fraction of sp³-hybridized carbons (Fsp3) is 0.259. The topological polar surface area (TPSA) is 106 Å². The van der Waals surface area contributed by atoms with Gasteiger partial charge < -0.3 is 14.2 Å². The van der Waals surface area contributed by atoms with Crippen LogP contribution in [0, 0.1) is 0 Å². The van der Waals surface area contributed by atoms with Crippen molar-refractivity contribution in [3.05, 3.63) is 89.0 Å². The number of carbonyl (C=O) groups excluding carboxylic acids is 1. The van der Waals surface area contributed by atoms with Crippen LogP contribution in [0.25, 0.3) is 17.1 Å². The Kier molecular flexibility index (Phi) is 5.60. The molecule has 6 rings (SSSR count). The van der Waals surface area contributed by atoms with Crippen molar-refractivity contribution in [2.75, 3.05) is 13.4 Å². The van der Waals surface area contributed by atoms with E-state index in [1.807, 2.05) is 24.3 Å². The first-order valence-corrected chi connectivity index (χ1v) is 12.8. The van der Waals surface area contributed by atoms with Crippen LogP contribution < -0.4 is 30.1 Å². The number of nitrogens with zero attached hydrogens (tertiary/aromatic N) is 4. The van der Waals surface area contributed by atoms with E-state index in [9.17, 15) is 14.4 Å². The zero-order valence-electron chi connectivity index (χ0n) is 21.2. The maximum absolute atomic E-state index is 13.8. The van der Waals surface area contributed by atoms with Gasteiger partial charge in [0, 0.05) is 14.1 Å². The summed E-state index contributed by atoms with van der Waals surface area (Å²) in [6.45, 7) is 3.78. The van der Waals surface area contributed by atoms with Crippen molar-refractivity contribution in [2.45, 2.75) is 19.9 Å². The summed E-state index contributed by atoms with van der Waals surface area (Å²) in [5.41, 5.74) is 3.39. The normalized spacial score (nSPS) is 16.6. The van der Waals surface area contributed by atoms with Gasteiger partial charge in [-0.25, -0.2) is 14.6 Å². The van der Waals surface area contributed by atoms with Gasteiger partial charge in [-0.05, 0) is 55.3 Å². The Labute approximate surface area is 219 Å². The number of rotatable bonds is 4. The molecule has 0 saturated carbocycles. The van der Waals surface area contributed by atoms with Gasteiger partial charge in [0.15, 0.2) is 16.3 Å². The molecule has 2 aliphatic rings.